The Kier molecular flexibility index (Phi) is 2.99. The lowest BCUT2D eigenvalue weighted by Crippen LogP contribution is -2.02. The Balaban J connectivity index is 2.94. The van der Waals surface area contributed by atoms with E-state index in [1.807, 2.05) is 6.07 Å². The standard InChI is InChI=1S/C8H8BrN3/c9-6(5-10)8(11)7-3-1-2-4-12-7/h1-5,11H,10H2/b6-5+,11-8?. The lowest BCUT2D eigenvalue weighted by molar-refractivity contribution is 1.28. The van der Waals surface area contributed by atoms with Crippen molar-refractivity contribution in [2.75, 3.05) is 0 Å². The van der Waals surface area contributed by atoms with E-state index in [9.17, 15) is 0 Å². The molecule has 3 nitrogen and oxygen atoms in total. The van der Waals surface area contributed by atoms with E-state index in [2.05, 4.69) is 20.9 Å². The Labute approximate surface area is 78.9 Å². The fraction of sp³-hybridized carbons (Fsp3) is 0. The van der Waals surface area contributed by atoms with Crippen molar-refractivity contribution in [2.24, 2.45) is 5.73 Å². The van der Waals surface area contributed by atoms with Gasteiger partial charge in [-0.25, -0.2) is 0 Å². The first kappa shape index (κ1) is 8.93. The molecule has 0 atom stereocenters. The van der Waals surface area contributed by atoms with E-state index >= 15 is 0 Å². The van der Waals surface area contributed by atoms with Gasteiger partial charge in [-0.05, 0) is 28.1 Å². The Bertz CT molecular complexity index is 305. The molecule has 0 aliphatic heterocycles. The molecule has 3 N–H and O–H groups in total. The van der Waals surface area contributed by atoms with E-state index in [4.69, 9.17) is 11.1 Å². The minimum atomic E-state index is 0.290. The maximum Gasteiger partial charge on any atom is 0.0953 e. The molecule has 0 saturated heterocycles. The van der Waals surface area contributed by atoms with E-state index in [1.165, 1.54) is 6.20 Å². The SMILES string of the molecule is N=C(/C(Br)=C\N)c1ccccn1. The third kappa shape index (κ3) is 1.92. The van der Waals surface area contributed by atoms with Gasteiger partial charge in [0.05, 0.1) is 15.9 Å². The topological polar surface area (TPSA) is 62.8 Å². The second-order valence-corrected chi connectivity index (χ2v) is 2.96. The summed E-state index contributed by atoms with van der Waals surface area (Å²) in [6.07, 6.45) is 2.97. The van der Waals surface area contributed by atoms with Crippen LogP contribution in [-0.2, 0) is 0 Å². The summed E-state index contributed by atoms with van der Waals surface area (Å²) in [6, 6.07) is 5.39. The van der Waals surface area contributed by atoms with Gasteiger partial charge in [0.1, 0.15) is 0 Å². The molecule has 0 aromatic carbocycles. The minimum Gasteiger partial charge on any atom is -0.404 e. The predicted molar refractivity (Wildman–Crippen MR) is 52.3 cm³/mol. The van der Waals surface area contributed by atoms with Crippen LogP contribution in [0.15, 0.2) is 35.1 Å². The molecule has 12 heavy (non-hydrogen) atoms. The summed E-state index contributed by atoms with van der Waals surface area (Å²) >= 11 is 3.15. The van der Waals surface area contributed by atoms with Crippen molar-refractivity contribution < 1.29 is 0 Å². The van der Waals surface area contributed by atoms with Crippen molar-refractivity contribution in [1.29, 1.82) is 5.41 Å². The van der Waals surface area contributed by atoms with Crippen LogP contribution in [-0.4, -0.2) is 10.7 Å². The van der Waals surface area contributed by atoms with Crippen molar-refractivity contribution >= 4 is 21.6 Å². The van der Waals surface area contributed by atoms with E-state index in [0.29, 0.717) is 10.2 Å². The third-order valence-corrected chi connectivity index (χ3v) is 1.97. The molecule has 0 amide bonds. The molecule has 0 unspecified atom stereocenters. The molecular weight excluding hydrogens is 218 g/mol. The van der Waals surface area contributed by atoms with Crippen LogP contribution in [0.5, 0.6) is 0 Å². The number of nitrogens with one attached hydrogen (secondary N) is 1. The second kappa shape index (κ2) is 4.01. The quantitative estimate of drug-likeness (QED) is 0.753. The third-order valence-electron chi connectivity index (χ3n) is 1.31. The molecule has 62 valence electrons. The van der Waals surface area contributed by atoms with Gasteiger partial charge in [0.15, 0.2) is 0 Å². The molecule has 4 heteroatoms. The summed E-state index contributed by atoms with van der Waals surface area (Å²) in [5, 5.41) is 7.58. The molecular formula is C8H8BrN3. The predicted octanol–water partition coefficient (Wildman–Crippen LogP) is 1.64. The van der Waals surface area contributed by atoms with Crippen LogP contribution in [0.25, 0.3) is 0 Å². The molecule has 0 fully saturated rings. The zero-order valence-electron chi connectivity index (χ0n) is 6.29. The summed E-state index contributed by atoms with van der Waals surface area (Å²) in [5.74, 6) is 0. The Morgan fingerprint density at radius 1 is 1.58 bits per heavy atom. The summed E-state index contributed by atoms with van der Waals surface area (Å²) in [4.78, 5) is 4.00. The molecule has 0 bridgehead atoms. The van der Waals surface area contributed by atoms with Gasteiger partial charge in [-0.2, -0.15) is 0 Å². The van der Waals surface area contributed by atoms with Gasteiger partial charge in [-0.1, -0.05) is 6.07 Å². The lowest BCUT2D eigenvalue weighted by atomic mass is 10.2. The molecule has 0 radical (unpaired) electrons. The maximum atomic E-state index is 7.58. The average Bonchev–Trinajstić information content (AvgIpc) is 2.17. The zero-order chi connectivity index (χ0) is 8.97. The number of hydrogen-bond acceptors (Lipinski definition) is 3. The van der Waals surface area contributed by atoms with Crippen LogP contribution in [0.1, 0.15) is 5.69 Å². The minimum absolute atomic E-state index is 0.290. The fourth-order valence-electron chi connectivity index (χ4n) is 0.716. The van der Waals surface area contributed by atoms with Crippen LogP contribution < -0.4 is 5.73 Å². The molecule has 1 heterocycles. The van der Waals surface area contributed by atoms with Crippen molar-refractivity contribution in [3.05, 3.63) is 40.8 Å². The first-order valence-electron chi connectivity index (χ1n) is 3.33. The zero-order valence-corrected chi connectivity index (χ0v) is 7.88. The van der Waals surface area contributed by atoms with Crippen LogP contribution in [0, 0.1) is 5.41 Å². The van der Waals surface area contributed by atoms with Crippen LogP contribution in [0.3, 0.4) is 0 Å². The van der Waals surface area contributed by atoms with Gasteiger partial charge in [-0.15, -0.1) is 0 Å². The Hall–Kier alpha value is -1.16. The highest BCUT2D eigenvalue weighted by Gasteiger charge is 2.03. The van der Waals surface area contributed by atoms with E-state index < -0.39 is 0 Å². The lowest BCUT2D eigenvalue weighted by Gasteiger charge is -1.99. The molecule has 0 aliphatic carbocycles. The van der Waals surface area contributed by atoms with Crippen LogP contribution in [0.2, 0.25) is 0 Å². The van der Waals surface area contributed by atoms with Crippen LogP contribution >= 0.6 is 15.9 Å². The number of allylic oxidation sites excluding steroid dienone is 1. The number of hydrogen-bond donors (Lipinski definition) is 2. The number of nitrogens with two attached hydrogens (primary N) is 1. The molecule has 1 aromatic rings. The van der Waals surface area contributed by atoms with Crippen molar-refractivity contribution in [1.82, 2.24) is 4.98 Å². The van der Waals surface area contributed by atoms with E-state index in [1.54, 1.807) is 18.3 Å². The van der Waals surface area contributed by atoms with Crippen molar-refractivity contribution in [3.8, 4) is 0 Å². The summed E-state index contributed by atoms with van der Waals surface area (Å²) in [6.45, 7) is 0. The van der Waals surface area contributed by atoms with Gasteiger partial charge < -0.3 is 5.73 Å². The maximum absolute atomic E-state index is 7.58. The number of pyridine rings is 1. The van der Waals surface area contributed by atoms with Gasteiger partial charge in [0.25, 0.3) is 0 Å². The molecule has 0 saturated carbocycles. The van der Waals surface area contributed by atoms with Gasteiger partial charge in [0, 0.05) is 12.4 Å². The monoisotopic (exact) mass is 225 g/mol. The molecule has 0 spiro atoms. The normalized spacial score (nSPS) is 11.2. The molecule has 1 aromatic heterocycles. The van der Waals surface area contributed by atoms with Gasteiger partial charge >= 0.3 is 0 Å². The van der Waals surface area contributed by atoms with Crippen molar-refractivity contribution in [3.63, 3.8) is 0 Å². The second-order valence-electron chi connectivity index (χ2n) is 2.10. The molecule has 1 rings (SSSR count). The van der Waals surface area contributed by atoms with Crippen LogP contribution in [0.4, 0.5) is 0 Å². The number of halogens is 1. The molecule has 0 aliphatic rings. The summed E-state index contributed by atoms with van der Waals surface area (Å²) in [5.41, 5.74) is 6.13. The van der Waals surface area contributed by atoms with Gasteiger partial charge in [-0.3, -0.25) is 10.4 Å². The Morgan fingerprint density at radius 3 is 2.83 bits per heavy atom. The highest BCUT2D eigenvalue weighted by Crippen LogP contribution is 2.09. The summed E-state index contributed by atoms with van der Waals surface area (Å²) < 4.78 is 0.543. The highest BCUT2D eigenvalue weighted by molar-refractivity contribution is 9.12. The fourth-order valence-corrected chi connectivity index (χ4v) is 0.919. The number of aromatic nitrogens is 1. The smallest absolute Gasteiger partial charge is 0.0953 e. The first-order chi connectivity index (χ1) is 5.75. The largest absolute Gasteiger partial charge is 0.404 e. The van der Waals surface area contributed by atoms with E-state index in [-0.39, 0.29) is 5.71 Å². The Morgan fingerprint density at radius 2 is 2.33 bits per heavy atom. The number of nitrogens with zero attached hydrogens (tertiary/aromatic N) is 1. The summed E-state index contributed by atoms with van der Waals surface area (Å²) in [7, 11) is 0. The number of rotatable bonds is 2. The van der Waals surface area contributed by atoms with Crippen molar-refractivity contribution in [2.45, 2.75) is 0 Å². The average molecular weight is 226 g/mol. The van der Waals surface area contributed by atoms with E-state index in [0.717, 1.165) is 0 Å². The van der Waals surface area contributed by atoms with Gasteiger partial charge in [0.2, 0.25) is 0 Å². The highest BCUT2D eigenvalue weighted by atomic mass is 79.9. The first-order valence-corrected chi connectivity index (χ1v) is 4.12.